The highest BCUT2D eigenvalue weighted by Gasteiger charge is 2.25. The smallest absolute Gasteiger partial charge is 0.265 e. The van der Waals surface area contributed by atoms with E-state index in [4.69, 9.17) is 4.74 Å². The van der Waals surface area contributed by atoms with Gasteiger partial charge in [-0.1, -0.05) is 29.8 Å². The first-order valence-corrected chi connectivity index (χ1v) is 10.5. The van der Waals surface area contributed by atoms with Gasteiger partial charge in [0.15, 0.2) is 0 Å². The number of amides is 1. The van der Waals surface area contributed by atoms with Crippen LogP contribution >= 0.6 is 0 Å². The van der Waals surface area contributed by atoms with E-state index in [9.17, 15) is 13.2 Å². The number of sulfonamides is 1. The molecule has 1 fully saturated rings. The molecule has 1 amide bonds. The molecule has 0 saturated carbocycles. The van der Waals surface area contributed by atoms with Crippen LogP contribution in [0, 0.1) is 6.92 Å². The Morgan fingerprint density at radius 1 is 1.11 bits per heavy atom. The molecular formula is C21H24N2O4S. The van der Waals surface area contributed by atoms with E-state index in [1.807, 2.05) is 19.1 Å². The number of aryl methyl sites for hydroxylation is 1. The molecule has 7 heteroatoms. The van der Waals surface area contributed by atoms with Gasteiger partial charge in [0, 0.05) is 24.3 Å². The van der Waals surface area contributed by atoms with Crippen LogP contribution in [-0.2, 0) is 10.0 Å². The van der Waals surface area contributed by atoms with Crippen molar-refractivity contribution in [2.24, 2.45) is 0 Å². The summed E-state index contributed by atoms with van der Waals surface area (Å²) in [6, 6.07) is 11.5. The van der Waals surface area contributed by atoms with E-state index in [1.54, 1.807) is 23.1 Å². The number of rotatable bonds is 5. The Morgan fingerprint density at radius 3 is 2.36 bits per heavy atom. The van der Waals surface area contributed by atoms with Gasteiger partial charge in [-0.3, -0.25) is 9.52 Å². The zero-order valence-electron chi connectivity index (χ0n) is 16.1. The summed E-state index contributed by atoms with van der Waals surface area (Å²) in [6.07, 6.45) is 1.53. The van der Waals surface area contributed by atoms with Crippen molar-refractivity contribution in [2.75, 3.05) is 24.9 Å². The van der Waals surface area contributed by atoms with Crippen molar-refractivity contribution in [2.45, 2.75) is 24.7 Å². The molecule has 1 N–H and O–H groups in total. The number of nitrogens with one attached hydrogen (secondary N) is 1. The summed E-state index contributed by atoms with van der Waals surface area (Å²) in [5.41, 5.74) is 2.92. The van der Waals surface area contributed by atoms with Crippen LogP contribution < -0.4 is 9.46 Å². The summed E-state index contributed by atoms with van der Waals surface area (Å²) in [5.74, 6) is -0.00915. The van der Waals surface area contributed by atoms with Crippen LogP contribution in [0.2, 0.25) is 0 Å². The standard InChI is InChI=1S/C21H24N2O4S/c1-15-4-7-18(8-5-15)22-28(25,26)20-14-17(6-9-19(20)27-3)21(24)23-12-10-16(2)11-13-23/h4-9,14,22H,2,10-13H2,1,3H3. The summed E-state index contributed by atoms with van der Waals surface area (Å²) >= 11 is 0. The highest BCUT2D eigenvalue weighted by atomic mass is 32.2. The van der Waals surface area contributed by atoms with E-state index < -0.39 is 10.0 Å². The molecule has 28 heavy (non-hydrogen) atoms. The molecule has 1 saturated heterocycles. The van der Waals surface area contributed by atoms with Crippen LogP contribution in [-0.4, -0.2) is 39.4 Å². The minimum atomic E-state index is -3.92. The second-order valence-electron chi connectivity index (χ2n) is 6.88. The average Bonchev–Trinajstić information content (AvgIpc) is 2.69. The van der Waals surface area contributed by atoms with E-state index in [2.05, 4.69) is 11.3 Å². The summed E-state index contributed by atoms with van der Waals surface area (Å²) in [5, 5.41) is 0. The zero-order valence-corrected chi connectivity index (χ0v) is 16.9. The normalized spacial score (nSPS) is 14.6. The number of likely N-dealkylation sites (tertiary alicyclic amines) is 1. The first-order valence-electron chi connectivity index (χ1n) is 9.03. The molecule has 0 unspecified atom stereocenters. The number of carbonyl (C=O) groups excluding carboxylic acids is 1. The second kappa shape index (κ2) is 8.06. The molecule has 0 aliphatic carbocycles. The van der Waals surface area contributed by atoms with Crippen molar-refractivity contribution in [1.29, 1.82) is 0 Å². The van der Waals surface area contributed by atoms with Crippen molar-refractivity contribution < 1.29 is 17.9 Å². The molecule has 1 heterocycles. The summed E-state index contributed by atoms with van der Waals surface area (Å²) < 4.78 is 33.6. The zero-order chi connectivity index (χ0) is 20.3. The summed E-state index contributed by atoms with van der Waals surface area (Å²) in [6.45, 7) is 7.06. The monoisotopic (exact) mass is 400 g/mol. The number of ether oxygens (including phenoxy) is 1. The Morgan fingerprint density at radius 2 is 1.75 bits per heavy atom. The molecular weight excluding hydrogens is 376 g/mol. The van der Waals surface area contributed by atoms with Gasteiger partial charge in [0.05, 0.1) is 7.11 Å². The minimum Gasteiger partial charge on any atom is -0.495 e. The lowest BCUT2D eigenvalue weighted by atomic mass is 10.0. The average molecular weight is 401 g/mol. The third-order valence-corrected chi connectivity index (χ3v) is 6.16. The van der Waals surface area contributed by atoms with Crippen LogP contribution in [0.5, 0.6) is 5.75 Å². The van der Waals surface area contributed by atoms with Gasteiger partial charge < -0.3 is 9.64 Å². The van der Waals surface area contributed by atoms with E-state index >= 15 is 0 Å². The van der Waals surface area contributed by atoms with Crippen molar-refractivity contribution in [3.8, 4) is 5.75 Å². The third kappa shape index (κ3) is 4.36. The van der Waals surface area contributed by atoms with Gasteiger partial charge in [0.25, 0.3) is 15.9 Å². The fourth-order valence-electron chi connectivity index (χ4n) is 3.06. The van der Waals surface area contributed by atoms with Crippen LogP contribution in [0.15, 0.2) is 59.5 Å². The lowest BCUT2D eigenvalue weighted by Crippen LogP contribution is -2.36. The van der Waals surface area contributed by atoms with Gasteiger partial charge in [-0.15, -0.1) is 0 Å². The Labute approximate surface area is 165 Å². The number of anilines is 1. The van der Waals surface area contributed by atoms with Gasteiger partial charge >= 0.3 is 0 Å². The van der Waals surface area contributed by atoms with Gasteiger partial charge in [-0.05, 0) is 50.1 Å². The first-order chi connectivity index (χ1) is 13.3. The SMILES string of the molecule is C=C1CCN(C(=O)c2ccc(OC)c(S(=O)(=O)Nc3ccc(C)cc3)c2)CC1. The van der Waals surface area contributed by atoms with Gasteiger partial charge in [0.1, 0.15) is 10.6 Å². The second-order valence-corrected chi connectivity index (χ2v) is 8.53. The highest BCUT2D eigenvalue weighted by molar-refractivity contribution is 7.92. The van der Waals surface area contributed by atoms with Crippen LogP contribution in [0.4, 0.5) is 5.69 Å². The lowest BCUT2D eigenvalue weighted by Gasteiger charge is -2.28. The maximum atomic E-state index is 12.9. The van der Waals surface area contributed by atoms with E-state index in [1.165, 1.54) is 19.2 Å². The van der Waals surface area contributed by atoms with E-state index in [0.717, 1.165) is 24.0 Å². The van der Waals surface area contributed by atoms with E-state index in [-0.39, 0.29) is 16.6 Å². The molecule has 0 atom stereocenters. The minimum absolute atomic E-state index is 0.0668. The molecule has 0 spiro atoms. The maximum Gasteiger partial charge on any atom is 0.265 e. The Bertz CT molecular complexity index is 988. The van der Waals surface area contributed by atoms with Crippen molar-refractivity contribution in [1.82, 2.24) is 4.90 Å². The number of nitrogens with zero attached hydrogens (tertiary/aromatic N) is 1. The molecule has 6 nitrogen and oxygen atoms in total. The fraction of sp³-hybridized carbons (Fsp3) is 0.286. The quantitative estimate of drug-likeness (QED) is 0.778. The van der Waals surface area contributed by atoms with Crippen molar-refractivity contribution in [3.63, 3.8) is 0 Å². The molecule has 148 valence electrons. The maximum absolute atomic E-state index is 12.9. The number of carbonyl (C=O) groups is 1. The highest BCUT2D eigenvalue weighted by Crippen LogP contribution is 2.28. The molecule has 0 bridgehead atoms. The van der Waals surface area contributed by atoms with E-state index in [0.29, 0.717) is 24.3 Å². The number of benzene rings is 2. The van der Waals surface area contributed by atoms with Gasteiger partial charge in [0.2, 0.25) is 0 Å². The number of piperidine rings is 1. The number of hydrogen-bond acceptors (Lipinski definition) is 4. The Balaban J connectivity index is 1.91. The number of methoxy groups -OCH3 is 1. The van der Waals surface area contributed by atoms with Crippen LogP contribution in [0.1, 0.15) is 28.8 Å². The van der Waals surface area contributed by atoms with Crippen LogP contribution in [0.25, 0.3) is 0 Å². The first kappa shape index (κ1) is 19.9. The van der Waals surface area contributed by atoms with Crippen molar-refractivity contribution in [3.05, 3.63) is 65.7 Å². The molecule has 2 aromatic carbocycles. The third-order valence-electron chi connectivity index (χ3n) is 4.76. The molecule has 1 aliphatic heterocycles. The topological polar surface area (TPSA) is 75.7 Å². The van der Waals surface area contributed by atoms with Crippen molar-refractivity contribution >= 4 is 21.6 Å². The Kier molecular flexibility index (Phi) is 5.74. The van der Waals surface area contributed by atoms with Gasteiger partial charge in [-0.2, -0.15) is 0 Å². The Hall–Kier alpha value is -2.80. The summed E-state index contributed by atoms with van der Waals surface area (Å²) in [4.78, 5) is 14.5. The molecule has 0 radical (unpaired) electrons. The fourth-order valence-corrected chi connectivity index (χ4v) is 4.31. The van der Waals surface area contributed by atoms with Gasteiger partial charge in [-0.25, -0.2) is 8.42 Å². The summed E-state index contributed by atoms with van der Waals surface area (Å²) in [7, 11) is -2.52. The number of hydrogen-bond donors (Lipinski definition) is 1. The molecule has 2 aromatic rings. The molecule has 1 aliphatic rings. The van der Waals surface area contributed by atoms with Crippen LogP contribution in [0.3, 0.4) is 0 Å². The predicted octanol–water partition coefficient (Wildman–Crippen LogP) is 3.60. The largest absolute Gasteiger partial charge is 0.495 e. The molecule has 0 aromatic heterocycles. The lowest BCUT2D eigenvalue weighted by molar-refractivity contribution is 0.0743. The predicted molar refractivity (Wildman–Crippen MR) is 109 cm³/mol. The molecule has 3 rings (SSSR count).